The van der Waals surface area contributed by atoms with Crippen LogP contribution in [0.1, 0.15) is 40.8 Å². The second-order valence-corrected chi connectivity index (χ2v) is 9.33. The van der Waals surface area contributed by atoms with E-state index >= 15 is 0 Å². The molecule has 9 heteroatoms. The van der Waals surface area contributed by atoms with Crippen LogP contribution in [0.2, 0.25) is 0 Å². The van der Waals surface area contributed by atoms with E-state index in [1.54, 1.807) is 4.68 Å². The molecule has 0 bridgehead atoms. The van der Waals surface area contributed by atoms with E-state index in [-0.39, 0.29) is 17.8 Å². The Morgan fingerprint density at radius 3 is 3.00 bits per heavy atom. The third-order valence-corrected chi connectivity index (χ3v) is 7.52. The largest absolute Gasteiger partial charge is 0.442 e. The minimum atomic E-state index is -0.359. The molecule has 0 aliphatic carbocycles. The smallest absolute Gasteiger partial charge is 0.407 e. The van der Waals surface area contributed by atoms with Crippen molar-refractivity contribution in [2.75, 3.05) is 26.2 Å². The quantitative estimate of drug-likeness (QED) is 0.802. The average molecular weight is 418 g/mol. The lowest BCUT2D eigenvalue weighted by molar-refractivity contribution is -0.0982. The van der Waals surface area contributed by atoms with Crippen LogP contribution >= 0.6 is 11.3 Å². The summed E-state index contributed by atoms with van der Waals surface area (Å²) < 4.78 is 13.3. The van der Waals surface area contributed by atoms with Gasteiger partial charge in [0.2, 0.25) is 0 Å². The Bertz CT molecular complexity index is 887. The van der Waals surface area contributed by atoms with E-state index in [9.17, 15) is 4.79 Å². The highest BCUT2D eigenvalue weighted by atomic mass is 32.1. The van der Waals surface area contributed by atoms with E-state index in [1.807, 2.05) is 17.5 Å². The van der Waals surface area contributed by atoms with Gasteiger partial charge in [-0.05, 0) is 30.9 Å². The number of aryl methyl sites for hydroxylation is 1. The molecule has 156 valence electrons. The molecule has 2 fully saturated rings. The molecular weight excluding hydrogens is 390 g/mol. The second-order valence-electron chi connectivity index (χ2n) is 8.11. The van der Waals surface area contributed by atoms with Gasteiger partial charge in [-0.25, -0.2) is 9.48 Å². The first-order valence-electron chi connectivity index (χ1n) is 10.5. The number of rotatable bonds is 5. The number of carbonyl (C=O) groups is 1. The van der Waals surface area contributed by atoms with Crippen LogP contribution < -0.4 is 5.32 Å². The number of hydrogen-bond donors (Lipinski definition) is 1. The molecule has 29 heavy (non-hydrogen) atoms. The number of amides is 1. The van der Waals surface area contributed by atoms with Gasteiger partial charge in [0.25, 0.3) is 0 Å². The number of nitrogens with one attached hydrogen (secondary N) is 1. The maximum Gasteiger partial charge on any atom is 0.407 e. The fourth-order valence-corrected chi connectivity index (χ4v) is 5.78. The van der Waals surface area contributed by atoms with Crippen molar-refractivity contribution in [1.82, 2.24) is 25.2 Å². The highest BCUT2D eigenvalue weighted by molar-refractivity contribution is 7.12. The molecule has 1 unspecified atom stereocenters. The average Bonchev–Trinajstić information content (AvgIpc) is 3.45. The van der Waals surface area contributed by atoms with Gasteiger partial charge in [0, 0.05) is 42.0 Å². The van der Waals surface area contributed by atoms with Crippen LogP contribution in [0.15, 0.2) is 12.3 Å². The van der Waals surface area contributed by atoms with E-state index in [0.29, 0.717) is 13.1 Å². The second kappa shape index (κ2) is 7.70. The van der Waals surface area contributed by atoms with Crippen LogP contribution in [0.25, 0.3) is 0 Å². The Morgan fingerprint density at radius 1 is 1.38 bits per heavy atom. The minimum Gasteiger partial charge on any atom is -0.442 e. The van der Waals surface area contributed by atoms with Crippen molar-refractivity contribution in [3.05, 3.63) is 33.3 Å². The van der Waals surface area contributed by atoms with Gasteiger partial charge < -0.3 is 14.8 Å². The Balaban J connectivity index is 1.19. The number of piperidine rings is 1. The van der Waals surface area contributed by atoms with Gasteiger partial charge in [0.1, 0.15) is 6.10 Å². The van der Waals surface area contributed by atoms with Crippen molar-refractivity contribution >= 4 is 17.4 Å². The van der Waals surface area contributed by atoms with E-state index < -0.39 is 0 Å². The maximum atomic E-state index is 11.1. The van der Waals surface area contributed by atoms with Gasteiger partial charge in [0.05, 0.1) is 31.0 Å². The molecule has 3 aliphatic rings. The number of carbonyl (C=O) groups excluding carboxylic acids is 1. The van der Waals surface area contributed by atoms with Crippen molar-refractivity contribution in [3.8, 4) is 0 Å². The van der Waals surface area contributed by atoms with Crippen molar-refractivity contribution in [2.24, 2.45) is 0 Å². The van der Waals surface area contributed by atoms with Crippen molar-refractivity contribution in [1.29, 1.82) is 0 Å². The van der Waals surface area contributed by atoms with Gasteiger partial charge in [0.15, 0.2) is 0 Å². The molecule has 1 N–H and O–H groups in total. The fraction of sp³-hybridized carbons (Fsp3) is 0.650. The van der Waals surface area contributed by atoms with Gasteiger partial charge in [-0.15, -0.1) is 16.4 Å². The van der Waals surface area contributed by atoms with Crippen molar-refractivity contribution < 1.29 is 14.3 Å². The predicted octanol–water partition coefficient (Wildman–Crippen LogP) is 2.07. The number of cyclic esters (lactones) is 1. The number of fused-ring (bicyclic) bond motifs is 2. The molecule has 1 spiro atoms. The minimum absolute atomic E-state index is 0.0923. The third-order valence-electron chi connectivity index (χ3n) is 6.18. The number of thiophene rings is 1. The summed E-state index contributed by atoms with van der Waals surface area (Å²) in [5.74, 6) is 0. The first kappa shape index (κ1) is 19.0. The monoisotopic (exact) mass is 417 g/mol. The summed E-state index contributed by atoms with van der Waals surface area (Å²) in [6, 6.07) is 2.39. The molecule has 2 saturated heterocycles. The molecule has 8 nitrogen and oxygen atoms in total. The number of likely N-dealkylation sites (tertiary alicyclic amines) is 1. The highest BCUT2D eigenvalue weighted by Crippen LogP contribution is 2.44. The van der Waals surface area contributed by atoms with Gasteiger partial charge in [-0.1, -0.05) is 12.1 Å². The number of aromatic nitrogens is 3. The Kier molecular flexibility index (Phi) is 5.05. The standard InChI is InChI=1S/C20H27N5O3S/c1-2-16-9-17-18(29-16)3-8-27-20(17)4-6-24(7-5-20)11-14-12-25(23-22-14)13-15-10-21-19(26)28-15/h9,12,15H,2-8,10-11,13H2,1H3,(H,21,26). The zero-order chi connectivity index (χ0) is 19.8. The summed E-state index contributed by atoms with van der Waals surface area (Å²) in [6.07, 6.45) is 5.63. The van der Waals surface area contributed by atoms with E-state index in [4.69, 9.17) is 9.47 Å². The maximum absolute atomic E-state index is 11.1. The van der Waals surface area contributed by atoms with Gasteiger partial charge in [-0.2, -0.15) is 0 Å². The van der Waals surface area contributed by atoms with Crippen LogP contribution in [-0.4, -0.2) is 58.3 Å². The SMILES string of the molecule is CCc1cc2c(s1)CCOC21CCN(Cc2cn(CC3CNC(=O)O3)nn2)CC1. The van der Waals surface area contributed by atoms with Crippen LogP contribution in [-0.2, 0) is 41.0 Å². The first-order chi connectivity index (χ1) is 14.1. The van der Waals surface area contributed by atoms with Crippen LogP contribution in [0.5, 0.6) is 0 Å². The van der Waals surface area contributed by atoms with Crippen molar-refractivity contribution in [3.63, 3.8) is 0 Å². The van der Waals surface area contributed by atoms with Crippen LogP contribution in [0.3, 0.4) is 0 Å². The summed E-state index contributed by atoms with van der Waals surface area (Å²) in [7, 11) is 0. The third kappa shape index (κ3) is 3.78. The topological polar surface area (TPSA) is 81.5 Å². The number of alkyl carbamates (subject to hydrolysis) is 1. The molecule has 3 aliphatic heterocycles. The molecule has 0 aromatic carbocycles. The van der Waals surface area contributed by atoms with Crippen molar-refractivity contribution in [2.45, 2.75) is 57.4 Å². The number of nitrogens with zero attached hydrogens (tertiary/aromatic N) is 4. The molecule has 2 aromatic heterocycles. The molecule has 5 rings (SSSR count). The lowest BCUT2D eigenvalue weighted by Crippen LogP contribution is -2.45. The van der Waals surface area contributed by atoms with Gasteiger partial charge in [-0.3, -0.25) is 4.90 Å². The fourth-order valence-electron chi connectivity index (χ4n) is 4.60. The lowest BCUT2D eigenvalue weighted by atomic mass is 9.82. The number of ether oxygens (including phenoxy) is 2. The number of hydrogen-bond acceptors (Lipinski definition) is 7. The Hall–Kier alpha value is -1.97. The van der Waals surface area contributed by atoms with E-state index in [1.165, 1.54) is 15.3 Å². The van der Waals surface area contributed by atoms with Gasteiger partial charge >= 0.3 is 6.09 Å². The summed E-state index contributed by atoms with van der Waals surface area (Å²) in [5.41, 5.74) is 2.31. The molecule has 0 saturated carbocycles. The highest BCUT2D eigenvalue weighted by Gasteiger charge is 2.41. The molecule has 5 heterocycles. The predicted molar refractivity (Wildman–Crippen MR) is 108 cm³/mol. The molecule has 1 amide bonds. The molecule has 0 radical (unpaired) electrons. The Morgan fingerprint density at radius 2 is 2.24 bits per heavy atom. The normalized spacial score (nSPS) is 23.8. The summed E-state index contributed by atoms with van der Waals surface area (Å²) in [4.78, 5) is 16.6. The summed E-state index contributed by atoms with van der Waals surface area (Å²) in [5, 5.41) is 11.2. The Labute approximate surface area is 174 Å². The van der Waals surface area contributed by atoms with Crippen LogP contribution in [0, 0.1) is 0 Å². The summed E-state index contributed by atoms with van der Waals surface area (Å²) in [6.45, 7) is 6.90. The zero-order valence-corrected chi connectivity index (χ0v) is 17.5. The molecule has 1 atom stereocenters. The zero-order valence-electron chi connectivity index (χ0n) is 16.7. The van der Waals surface area contributed by atoms with E-state index in [2.05, 4.69) is 33.5 Å². The molecule has 2 aromatic rings. The molecular formula is C20H27N5O3S. The van der Waals surface area contributed by atoms with Crippen LogP contribution in [0.4, 0.5) is 4.79 Å². The lowest BCUT2D eigenvalue weighted by Gasteiger charge is -2.44. The summed E-state index contributed by atoms with van der Waals surface area (Å²) >= 11 is 1.97. The first-order valence-corrected chi connectivity index (χ1v) is 11.3. The van der Waals surface area contributed by atoms with E-state index in [0.717, 1.165) is 57.6 Å².